The lowest BCUT2D eigenvalue weighted by Crippen LogP contribution is -2.27. The summed E-state index contributed by atoms with van der Waals surface area (Å²) in [6.07, 6.45) is 2.31. The average Bonchev–Trinajstić information content (AvgIpc) is 2.51. The fraction of sp³-hybridized carbons (Fsp3) is 0.600. The van der Waals surface area contributed by atoms with Gasteiger partial charge in [0.05, 0.1) is 0 Å². The van der Waals surface area contributed by atoms with Gasteiger partial charge in [0.1, 0.15) is 0 Å². The topological polar surface area (TPSA) is 26.0 Å². The normalized spacial score (nSPS) is 15.9. The van der Waals surface area contributed by atoms with Crippen molar-refractivity contribution in [3.05, 3.63) is 22.4 Å². The van der Waals surface area contributed by atoms with Gasteiger partial charge in [0.2, 0.25) is 0 Å². The van der Waals surface area contributed by atoms with Crippen molar-refractivity contribution >= 4 is 11.3 Å². The van der Waals surface area contributed by atoms with E-state index in [9.17, 15) is 0 Å². The predicted molar refractivity (Wildman–Crippen MR) is 55.5 cm³/mol. The van der Waals surface area contributed by atoms with Gasteiger partial charge in [0, 0.05) is 6.04 Å². The Morgan fingerprint density at radius 2 is 2.33 bits per heavy atom. The van der Waals surface area contributed by atoms with Crippen LogP contribution in [0.2, 0.25) is 0 Å². The minimum absolute atomic E-state index is 0.315. The molecule has 0 aliphatic rings. The summed E-state index contributed by atoms with van der Waals surface area (Å²) in [7, 11) is 0. The highest BCUT2D eigenvalue weighted by Gasteiger charge is 2.11. The summed E-state index contributed by atoms with van der Waals surface area (Å²) in [6.45, 7) is 4.31. The molecule has 0 fully saturated rings. The number of thiophene rings is 1. The lowest BCUT2D eigenvalue weighted by atomic mass is 9.93. The molecule has 0 aromatic carbocycles. The van der Waals surface area contributed by atoms with Gasteiger partial charge in [-0.2, -0.15) is 11.3 Å². The SMILES string of the molecule is CCC(Cc1ccsc1)C(C)N. The first-order valence-electron chi connectivity index (χ1n) is 4.50. The summed E-state index contributed by atoms with van der Waals surface area (Å²) in [5.74, 6) is 0.639. The van der Waals surface area contributed by atoms with Gasteiger partial charge in [0.15, 0.2) is 0 Å². The van der Waals surface area contributed by atoms with Crippen molar-refractivity contribution in [2.45, 2.75) is 32.7 Å². The Bertz CT molecular complexity index is 204. The second-order valence-electron chi connectivity index (χ2n) is 3.36. The molecule has 0 aliphatic heterocycles. The molecule has 0 saturated heterocycles. The third-order valence-electron chi connectivity index (χ3n) is 2.35. The molecule has 12 heavy (non-hydrogen) atoms. The van der Waals surface area contributed by atoms with Crippen molar-refractivity contribution in [2.75, 3.05) is 0 Å². The molecule has 2 atom stereocenters. The van der Waals surface area contributed by atoms with Crippen LogP contribution in [-0.2, 0) is 6.42 Å². The molecular formula is C10H17NS. The van der Waals surface area contributed by atoms with E-state index >= 15 is 0 Å². The molecule has 2 heteroatoms. The Labute approximate surface area is 78.6 Å². The minimum atomic E-state index is 0.315. The van der Waals surface area contributed by atoms with Crippen LogP contribution in [0.5, 0.6) is 0 Å². The van der Waals surface area contributed by atoms with Crippen LogP contribution in [0.15, 0.2) is 16.8 Å². The summed E-state index contributed by atoms with van der Waals surface area (Å²) < 4.78 is 0. The van der Waals surface area contributed by atoms with Crippen LogP contribution in [0.25, 0.3) is 0 Å². The van der Waals surface area contributed by atoms with E-state index in [0.717, 1.165) is 6.42 Å². The highest BCUT2D eigenvalue weighted by atomic mass is 32.1. The molecule has 0 aliphatic carbocycles. The van der Waals surface area contributed by atoms with Crippen LogP contribution >= 0.6 is 11.3 Å². The smallest absolute Gasteiger partial charge is 0.00418 e. The van der Waals surface area contributed by atoms with E-state index in [1.165, 1.54) is 12.0 Å². The lowest BCUT2D eigenvalue weighted by Gasteiger charge is -2.17. The van der Waals surface area contributed by atoms with Gasteiger partial charge in [-0.15, -0.1) is 0 Å². The van der Waals surface area contributed by atoms with Crippen LogP contribution in [0.3, 0.4) is 0 Å². The van der Waals surface area contributed by atoms with E-state index in [0.29, 0.717) is 12.0 Å². The molecular weight excluding hydrogens is 166 g/mol. The molecule has 1 aromatic rings. The quantitative estimate of drug-likeness (QED) is 0.763. The molecule has 1 aromatic heterocycles. The van der Waals surface area contributed by atoms with Crippen molar-refractivity contribution in [3.63, 3.8) is 0 Å². The van der Waals surface area contributed by atoms with Gasteiger partial charge in [-0.1, -0.05) is 13.3 Å². The maximum Gasteiger partial charge on any atom is 0.00418 e. The standard InChI is InChI=1S/C10H17NS/c1-3-10(8(2)11)6-9-4-5-12-7-9/h4-5,7-8,10H,3,6,11H2,1-2H3. The molecule has 0 bridgehead atoms. The second kappa shape index (κ2) is 4.63. The first-order valence-corrected chi connectivity index (χ1v) is 5.45. The van der Waals surface area contributed by atoms with Crippen LogP contribution in [0.1, 0.15) is 25.8 Å². The van der Waals surface area contributed by atoms with Crippen LogP contribution in [0, 0.1) is 5.92 Å². The van der Waals surface area contributed by atoms with Gasteiger partial charge in [0.25, 0.3) is 0 Å². The van der Waals surface area contributed by atoms with Crippen molar-refractivity contribution in [3.8, 4) is 0 Å². The van der Waals surface area contributed by atoms with E-state index in [1.54, 1.807) is 11.3 Å². The van der Waals surface area contributed by atoms with Crippen LogP contribution in [0.4, 0.5) is 0 Å². The van der Waals surface area contributed by atoms with Gasteiger partial charge >= 0.3 is 0 Å². The van der Waals surface area contributed by atoms with E-state index < -0.39 is 0 Å². The lowest BCUT2D eigenvalue weighted by molar-refractivity contribution is 0.428. The number of rotatable bonds is 4. The summed E-state index contributed by atoms with van der Waals surface area (Å²) in [5.41, 5.74) is 7.30. The number of hydrogen-bond acceptors (Lipinski definition) is 2. The average molecular weight is 183 g/mol. The molecule has 0 amide bonds. The second-order valence-corrected chi connectivity index (χ2v) is 4.14. The molecule has 0 radical (unpaired) electrons. The van der Waals surface area contributed by atoms with Gasteiger partial charge < -0.3 is 5.73 Å². The van der Waals surface area contributed by atoms with Gasteiger partial charge in [-0.25, -0.2) is 0 Å². The molecule has 1 rings (SSSR count). The Morgan fingerprint density at radius 1 is 1.58 bits per heavy atom. The third-order valence-corrected chi connectivity index (χ3v) is 3.08. The molecule has 68 valence electrons. The maximum atomic E-state index is 5.87. The maximum absolute atomic E-state index is 5.87. The number of hydrogen-bond donors (Lipinski definition) is 1. The fourth-order valence-corrected chi connectivity index (χ4v) is 2.10. The molecule has 1 heterocycles. The van der Waals surface area contributed by atoms with Crippen LogP contribution in [-0.4, -0.2) is 6.04 Å². The predicted octanol–water partition coefficient (Wildman–Crippen LogP) is 2.66. The molecule has 2 N–H and O–H groups in total. The molecule has 1 nitrogen and oxygen atoms in total. The van der Waals surface area contributed by atoms with Crippen molar-refractivity contribution in [1.29, 1.82) is 0 Å². The zero-order valence-electron chi connectivity index (χ0n) is 7.79. The first-order chi connectivity index (χ1) is 5.74. The van der Waals surface area contributed by atoms with E-state index in [-0.39, 0.29) is 0 Å². The first kappa shape index (κ1) is 9.75. The summed E-state index contributed by atoms with van der Waals surface area (Å²) in [6, 6.07) is 2.50. The van der Waals surface area contributed by atoms with E-state index in [2.05, 4.69) is 30.7 Å². The van der Waals surface area contributed by atoms with Crippen molar-refractivity contribution in [2.24, 2.45) is 11.7 Å². The molecule has 0 spiro atoms. The number of nitrogens with two attached hydrogens (primary N) is 1. The Balaban J connectivity index is 2.48. The zero-order valence-corrected chi connectivity index (χ0v) is 8.60. The van der Waals surface area contributed by atoms with Crippen molar-refractivity contribution < 1.29 is 0 Å². The Hall–Kier alpha value is -0.340. The van der Waals surface area contributed by atoms with E-state index in [1.807, 2.05) is 0 Å². The molecule has 0 saturated carbocycles. The minimum Gasteiger partial charge on any atom is -0.328 e. The highest BCUT2D eigenvalue weighted by molar-refractivity contribution is 7.07. The van der Waals surface area contributed by atoms with E-state index in [4.69, 9.17) is 5.73 Å². The molecule has 2 unspecified atom stereocenters. The summed E-state index contributed by atoms with van der Waals surface area (Å²) >= 11 is 1.76. The Morgan fingerprint density at radius 3 is 2.75 bits per heavy atom. The zero-order chi connectivity index (χ0) is 8.97. The van der Waals surface area contributed by atoms with Crippen LogP contribution < -0.4 is 5.73 Å². The Kier molecular flexibility index (Phi) is 3.76. The third kappa shape index (κ3) is 2.61. The summed E-state index contributed by atoms with van der Waals surface area (Å²) in [4.78, 5) is 0. The monoisotopic (exact) mass is 183 g/mol. The largest absolute Gasteiger partial charge is 0.328 e. The fourth-order valence-electron chi connectivity index (χ4n) is 1.41. The van der Waals surface area contributed by atoms with Gasteiger partial charge in [-0.3, -0.25) is 0 Å². The van der Waals surface area contributed by atoms with Crippen molar-refractivity contribution in [1.82, 2.24) is 0 Å². The summed E-state index contributed by atoms with van der Waals surface area (Å²) in [5, 5.41) is 4.34. The highest BCUT2D eigenvalue weighted by Crippen LogP contribution is 2.16. The van der Waals surface area contributed by atoms with Gasteiger partial charge in [-0.05, 0) is 41.7 Å².